The van der Waals surface area contributed by atoms with Crippen molar-refractivity contribution < 1.29 is 4.11 Å². The van der Waals surface area contributed by atoms with Crippen LogP contribution in [0.15, 0.2) is 121 Å². The van der Waals surface area contributed by atoms with Crippen LogP contribution in [-0.4, -0.2) is 27.9 Å². The summed E-state index contributed by atoms with van der Waals surface area (Å²) in [6.07, 6.45) is 0. The number of para-hydroxylation sites is 6. The van der Waals surface area contributed by atoms with Crippen molar-refractivity contribution in [1.29, 1.82) is 0 Å². The monoisotopic (exact) mass is 623 g/mol. The highest BCUT2D eigenvalue weighted by molar-refractivity contribution is 5.95. The first kappa shape index (κ1) is 24.1. The third kappa shape index (κ3) is 3.57. The second kappa shape index (κ2) is 9.69. The van der Waals surface area contributed by atoms with Crippen molar-refractivity contribution in [3.8, 4) is 22.5 Å². The van der Waals surface area contributed by atoms with Crippen LogP contribution in [0.3, 0.4) is 0 Å². The predicted octanol–water partition coefficient (Wildman–Crippen LogP) is 10.1. The van der Waals surface area contributed by atoms with E-state index in [1.54, 1.807) is 12.1 Å². The summed E-state index contributed by atoms with van der Waals surface area (Å²) in [6.45, 7) is 4.16. The Morgan fingerprint density at radius 2 is 0.875 bits per heavy atom. The van der Waals surface area contributed by atoms with E-state index in [1.807, 2.05) is 18.2 Å². The first-order chi connectivity index (χ1) is 24.7. The Labute approximate surface area is 281 Å². The van der Waals surface area contributed by atoms with Crippen LogP contribution >= 0.6 is 0 Å². The number of hydrogen-bond acceptors (Lipinski definition) is 2. The van der Waals surface area contributed by atoms with Crippen molar-refractivity contribution in [2.24, 2.45) is 0 Å². The average molecular weight is 624 g/mol. The highest BCUT2D eigenvalue weighted by Crippen LogP contribution is 2.35. The van der Waals surface area contributed by atoms with Crippen molar-refractivity contribution >= 4 is 55.7 Å². The molecule has 6 aromatic carbocycles. The number of fused-ring (bicyclic) bond motifs is 10. The van der Waals surface area contributed by atoms with Crippen LogP contribution in [0.1, 0.15) is 26.4 Å². The van der Waals surface area contributed by atoms with E-state index in [9.17, 15) is 0 Å². The van der Waals surface area contributed by atoms with Gasteiger partial charge in [-0.15, -0.1) is 0 Å². The summed E-state index contributed by atoms with van der Waals surface area (Å²) in [5.74, 6) is 1.58. The predicted molar refractivity (Wildman–Crippen MR) is 197 cm³/mol. The Bertz CT molecular complexity index is 3060. The molecule has 0 fully saturated rings. The summed E-state index contributed by atoms with van der Waals surface area (Å²) in [5, 5.41) is 0. The first-order valence-electron chi connectivity index (χ1n) is 17.7. The molecule has 0 saturated heterocycles. The van der Waals surface area contributed by atoms with Crippen LogP contribution in [0.25, 0.3) is 78.2 Å². The summed E-state index contributed by atoms with van der Waals surface area (Å²) in [7, 11) is 0. The minimum absolute atomic E-state index is 0.259. The molecule has 0 atom stereocenters. The van der Waals surface area contributed by atoms with Gasteiger partial charge in [0.1, 0.15) is 0 Å². The van der Waals surface area contributed by atoms with E-state index in [1.165, 1.54) is 0 Å². The van der Waals surface area contributed by atoms with E-state index in [4.69, 9.17) is 14.1 Å². The number of hydrogen-bond donors (Lipinski definition) is 0. The summed E-state index contributed by atoms with van der Waals surface area (Å²) in [6, 6.07) is 41.6. The van der Waals surface area contributed by atoms with Gasteiger partial charge in [0.15, 0.2) is 0 Å². The Balaban J connectivity index is 1.11. The summed E-state index contributed by atoms with van der Waals surface area (Å²) in [4.78, 5) is 10.1. The van der Waals surface area contributed by atoms with Crippen molar-refractivity contribution in [1.82, 2.24) is 27.9 Å². The highest BCUT2D eigenvalue weighted by Gasteiger charge is 2.20. The molecule has 0 unspecified atom stereocenters. The van der Waals surface area contributed by atoms with Gasteiger partial charge in [-0.3, -0.25) is 17.9 Å². The van der Waals surface area contributed by atoms with Crippen LogP contribution in [0.2, 0.25) is 0 Å². The summed E-state index contributed by atoms with van der Waals surface area (Å²) >= 11 is 0. The Hall–Kier alpha value is -6.14. The molecule has 0 radical (unpaired) electrons. The zero-order chi connectivity index (χ0) is 34.8. The molecule has 0 N–H and O–H groups in total. The highest BCUT2D eigenvalue weighted by atomic mass is 15.2. The molecular weight excluding hydrogens is 589 g/mol. The summed E-state index contributed by atoms with van der Waals surface area (Å²) < 4.78 is 33.1. The Morgan fingerprint density at radius 3 is 1.35 bits per heavy atom. The Kier molecular flexibility index (Phi) is 4.86. The number of rotatable bonds is 3. The van der Waals surface area contributed by atoms with Gasteiger partial charge < -0.3 is 0 Å². The molecule has 48 heavy (non-hydrogen) atoms. The van der Waals surface area contributed by atoms with Gasteiger partial charge in [0, 0.05) is 15.5 Å². The van der Waals surface area contributed by atoms with Gasteiger partial charge in [0.25, 0.3) is 0 Å². The van der Waals surface area contributed by atoms with Gasteiger partial charge in [-0.2, -0.15) is 0 Å². The molecule has 0 aliphatic heterocycles. The third-order valence-corrected chi connectivity index (χ3v) is 9.89. The van der Waals surface area contributed by atoms with E-state index in [-0.39, 0.29) is 5.56 Å². The molecule has 6 nitrogen and oxygen atoms in total. The molecule has 4 aromatic heterocycles. The maximum Gasteiger partial charge on any atom is 0.220 e. The molecule has 0 saturated carbocycles. The second-order valence-electron chi connectivity index (χ2n) is 12.8. The van der Waals surface area contributed by atoms with Crippen LogP contribution in [-0.2, 0) is 0 Å². The molecule has 10 rings (SSSR count). The van der Waals surface area contributed by atoms with Gasteiger partial charge >= 0.3 is 0 Å². The lowest BCUT2D eigenvalue weighted by Crippen LogP contribution is -1.99. The number of aryl methyl sites for hydroxylation is 4. The molecule has 230 valence electrons. The van der Waals surface area contributed by atoms with E-state index in [2.05, 4.69) is 130 Å². The van der Waals surface area contributed by atoms with Crippen molar-refractivity contribution in [3.63, 3.8) is 0 Å². The summed E-state index contributed by atoms with van der Waals surface area (Å²) in [5.41, 5.74) is 15.7. The molecule has 10 aromatic rings. The average Bonchev–Trinajstić information content (AvgIpc) is 3.85. The SMILES string of the molecule is [2H]C([2H])([2H])c1cccc2c1nc1n(-c3ccc(-c4ccc(-n5c6ccccc6n6c7cccc(C)c7nc56)cc4C)c(C)c3)c3ccccc3n21. The van der Waals surface area contributed by atoms with Crippen molar-refractivity contribution in [3.05, 3.63) is 144 Å². The maximum absolute atomic E-state index is 8.14. The fourth-order valence-corrected chi connectivity index (χ4v) is 7.68. The van der Waals surface area contributed by atoms with Gasteiger partial charge in [0.05, 0.1) is 44.1 Å². The number of aromatic nitrogens is 6. The lowest BCUT2D eigenvalue weighted by Gasteiger charge is -2.14. The standard InChI is InChI=1S/C42H32N6/c1-25-11-9-17-37-39(25)43-41-45(33-13-5-7-15-35(33)47(37)41)29-19-21-31(27(3)23-29)32-22-20-30(24-28(32)4)46-34-14-6-8-16-36(34)48-38-18-10-12-26(2)40(38)44-42(46)48/h5-24H,1-4H3/i1D3. The fraction of sp³-hybridized carbons (Fsp3) is 0.0952. The number of benzene rings is 6. The molecule has 0 aliphatic carbocycles. The molecule has 0 aliphatic rings. The van der Waals surface area contributed by atoms with Crippen molar-refractivity contribution in [2.75, 3.05) is 0 Å². The van der Waals surface area contributed by atoms with Crippen LogP contribution in [0, 0.1) is 27.6 Å². The lowest BCUT2D eigenvalue weighted by molar-refractivity contribution is 1.10. The number of nitrogens with zero attached hydrogens (tertiary/aromatic N) is 6. The molecule has 4 heterocycles. The first-order valence-corrected chi connectivity index (χ1v) is 16.2. The molecule has 0 spiro atoms. The van der Waals surface area contributed by atoms with Gasteiger partial charge in [-0.25, -0.2) is 9.97 Å². The zero-order valence-electron chi connectivity index (χ0n) is 29.7. The zero-order valence-corrected chi connectivity index (χ0v) is 26.7. The van der Waals surface area contributed by atoms with E-state index < -0.39 is 6.85 Å². The smallest absolute Gasteiger partial charge is 0.220 e. The largest absolute Gasteiger partial charge is 0.278 e. The number of imidazole rings is 4. The second-order valence-corrected chi connectivity index (χ2v) is 12.8. The maximum atomic E-state index is 8.14. The Morgan fingerprint density at radius 1 is 0.438 bits per heavy atom. The van der Waals surface area contributed by atoms with E-state index in [0.29, 0.717) is 11.3 Å². The molecule has 0 bridgehead atoms. The van der Waals surface area contributed by atoms with Crippen LogP contribution in [0.5, 0.6) is 0 Å². The fourth-order valence-electron chi connectivity index (χ4n) is 7.68. The molecular formula is C42H32N6. The van der Waals surface area contributed by atoms with Gasteiger partial charge in [-0.1, -0.05) is 60.7 Å². The third-order valence-electron chi connectivity index (χ3n) is 9.89. The van der Waals surface area contributed by atoms with E-state index >= 15 is 0 Å². The van der Waals surface area contributed by atoms with Crippen LogP contribution in [0.4, 0.5) is 0 Å². The topological polar surface area (TPSA) is 44.5 Å². The van der Waals surface area contributed by atoms with Gasteiger partial charge in [-0.05, 0) is 122 Å². The lowest BCUT2D eigenvalue weighted by atomic mass is 9.95. The quantitative estimate of drug-likeness (QED) is 0.197. The van der Waals surface area contributed by atoms with Gasteiger partial charge in [0.2, 0.25) is 11.6 Å². The van der Waals surface area contributed by atoms with Crippen molar-refractivity contribution in [2.45, 2.75) is 27.6 Å². The molecule has 6 heteroatoms. The van der Waals surface area contributed by atoms with Crippen LogP contribution < -0.4 is 0 Å². The molecule has 0 amide bonds. The van der Waals surface area contributed by atoms with E-state index in [0.717, 1.165) is 83.6 Å². The normalized spacial score (nSPS) is 13.4. The minimum Gasteiger partial charge on any atom is -0.278 e. The minimum atomic E-state index is -2.27.